The van der Waals surface area contributed by atoms with Crippen LogP contribution in [0, 0.1) is 17.8 Å². The van der Waals surface area contributed by atoms with Crippen LogP contribution in [0.5, 0.6) is 0 Å². The molecule has 0 radical (unpaired) electrons. The van der Waals surface area contributed by atoms with Crippen molar-refractivity contribution in [2.75, 3.05) is 11.1 Å². The SMILES string of the molecule is O=C(/C=C/c1ccc(C(F)(F)F)cc1)Nc1ccc2c(c1)CC1CC[C@@H](C2)[C@H]1CCS(=O)(=O)c1ccc(Cl)s1. The lowest BCUT2D eigenvalue weighted by atomic mass is 9.85. The molecule has 1 aromatic heterocycles. The largest absolute Gasteiger partial charge is 0.416 e. The van der Waals surface area contributed by atoms with Crippen LogP contribution in [0.25, 0.3) is 6.08 Å². The molecule has 1 N–H and O–H groups in total. The summed E-state index contributed by atoms with van der Waals surface area (Å²) in [6, 6.07) is 13.7. The number of benzene rings is 2. The first-order valence-corrected chi connectivity index (χ1v) is 15.6. The fraction of sp³-hybridized carbons (Fsp3) is 0.345. The first kappa shape index (κ1) is 27.9. The molecule has 10 heteroatoms. The van der Waals surface area contributed by atoms with Crippen LogP contribution in [0.15, 0.2) is 64.9 Å². The summed E-state index contributed by atoms with van der Waals surface area (Å²) in [5.74, 6) is 0.896. The van der Waals surface area contributed by atoms with E-state index in [4.69, 9.17) is 11.6 Å². The van der Waals surface area contributed by atoms with E-state index in [0.717, 1.165) is 49.2 Å². The smallest absolute Gasteiger partial charge is 0.323 e. The molecule has 3 aromatic rings. The summed E-state index contributed by atoms with van der Waals surface area (Å²) in [6.45, 7) is 0. The summed E-state index contributed by atoms with van der Waals surface area (Å²) in [6.07, 6.45) is 2.88. The van der Waals surface area contributed by atoms with Gasteiger partial charge < -0.3 is 5.32 Å². The minimum absolute atomic E-state index is 0.116. The van der Waals surface area contributed by atoms with Crippen molar-refractivity contribution in [2.45, 2.75) is 42.5 Å². The van der Waals surface area contributed by atoms with E-state index in [-0.39, 0.29) is 11.7 Å². The van der Waals surface area contributed by atoms with Crippen molar-refractivity contribution in [2.24, 2.45) is 17.8 Å². The maximum atomic E-state index is 12.8. The number of rotatable bonds is 7. The second-order valence-electron chi connectivity index (χ2n) is 10.3. The predicted molar refractivity (Wildman–Crippen MR) is 149 cm³/mol. The van der Waals surface area contributed by atoms with Crippen LogP contribution in [-0.2, 0) is 33.6 Å². The van der Waals surface area contributed by atoms with E-state index in [9.17, 15) is 26.4 Å². The van der Waals surface area contributed by atoms with Gasteiger partial charge in [-0.1, -0.05) is 29.8 Å². The van der Waals surface area contributed by atoms with Crippen molar-refractivity contribution in [1.29, 1.82) is 0 Å². The molecule has 5 rings (SSSR count). The monoisotopic (exact) mass is 593 g/mol. The van der Waals surface area contributed by atoms with E-state index >= 15 is 0 Å². The molecule has 2 aromatic carbocycles. The van der Waals surface area contributed by atoms with Gasteiger partial charge in [0.1, 0.15) is 4.21 Å². The summed E-state index contributed by atoms with van der Waals surface area (Å²) >= 11 is 7.04. The Morgan fingerprint density at radius 2 is 1.69 bits per heavy atom. The zero-order valence-electron chi connectivity index (χ0n) is 20.9. The fourth-order valence-electron chi connectivity index (χ4n) is 5.87. The number of fused-ring (bicyclic) bond motifs is 3. The summed E-state index contributed by atoms with van der Waals surface area (Å²) in [4.78, 5) is 12.5. The summed E-state index contributed by atoms with van der Waals surface area (Å²) < 4.78 is 64.7. The highest BCUT2D eigenvalue weighted by molar-refractivity contribution is 7.93. The van der Waals surface area contributed by atoms with E-state index in [1.807, 2.05) is 18.2 Å². The van der Waals surface area contributed by atoms with Crippen molar-refractivity contribution in [3.63, 3.8) is 0 Å². The Bertz CT molecular complexity index is 1500. The van der Waals surface area contributed by atoms with Gasteiger partial charge in [0.05, 0.1) is 15.7 Å². The molecule has 0 saturated heterocycles. The molecule has 1 amide bonds. The lowest BCUT2D eigenvalue weighted by molar-refractivity contribution is -0.137. The van der Waals surface area contributed by atoms with Crippen LogP contribution in [0.1, 0.15) is 41.5 Å². The van der Waals surface area contributed by atoms with E-state index in [2.05, 4.69) is 5.32 Å². The molecule has 1 saturated carbocycles. The molecule has 2 aliphatic rings. The van der Waals surface area contributed by atoms with E-state index < -0.39 is 21.6 Å². The number of hydrogen-bond acceptors (Lipinski definition) is 4. The number of carbonyl (C=O) groups is 1. The summed E-state index contributed by atoms with van der Waals surface area (Å²) in [5, 5.41) is 2.84. The number of nitrogens with one attached hydrogen (secondary N) is 1. The Morgan fingerprint density at radius 3 is 2.33 bits per heavy atom. The molecule has 1 unspecified atom stereocenters. The number of anilines is 1. The molecule has 39 heavy (non-hydrogen) atoms. The Hall–Kier alpha value is -2.62. The zero-order valence-corrected chi connectivity index (χ0v) is 23.3. The molecule has 1 heterocycles. The van der Waals surface area contributed by atoms with Crippen molar-refractivity contribution >= 4 is 50.4 Å². The fourth-order valence-corrected chi connectivity index (χ4v) is 8.87. The van der Waals surface area contributed by atoms with Crippen LogP contribution in [0.4, 0.5) is 18.9 Å². The number of halogens is 4. The van der Waals surface area contributed by atoms with Gasteiger partial charge in [-0.3, -0.25) is 4.79 Å². The highest BCUT2D eigenvalue weighted by atomic mass is 35.5. The second-order valence-corrected chi connectivity index (χ2v) is 14.3. The van der Waals surface area contributed by atoms with Crippen LogP contribution >= 0.6 is 22.9 Å². The maximum Gasteiger partial charge on any atom is 0.416 e. The summed E-state index contributed by atoms with van der Waals surface area (Å²) in [7, 11) is -3.36. The number of thiophene rings is 1. The highest BCUT2D eigenvalue weighted by Gasteiger charge is 2.39. The van der Waals surface area contributed by atoms with Gasteiger partial charge in [0, 0.05) is 11.8 Å². The molecule has 3 atom stereocenters. The van der Waals surface area contributed by atoms with Gasteiger partial charge in [0.25, 0.3) is 0 Å². The van der Waals surface area contributed by atoms with Gasteiger partial charge >= 0.3 is 6.18 Å². The maximum absolute atomic E-state index is 12.8. The predicted octanol–water partition coefficient (Wildman–Crippen LogP) is 7.68. The van der Waals surface area contributed by atoms with Crippen LogP contribution < -0.4 is 5.32 Å². The van der Waals surface area contributed by atoms with Crippen LogP contribution in [-0.4, -0.2) is 20.1 Å². The normalized spacial score (nSPS) is 21.1. The lowest BCUT2D eigenvalue weighted by Crippen LogP contribution is -2.20. The average Bonchev–Trinajstić information content (AvgIpc) is 3.44. The molecule has 206 valence electrons. The molecule has 1 fully saturated rings. The van der Waals surface area contributed by atoms with E-state index in [1.54, 1.807) is 12.1 Å². The minimum Gasteiger partial charge on any atom is -0.323 e. The Morgan fingerprint density at radius 1 is 1.00 bits per heavy atom. The number of sulfone groups is 1. The first-order chi connectivity index (χ1) is 18.5. The molecule has 0 spiro atoms. The molecule has 4 nitrogen and oxygen atoms in total. The molecule has 2 aliphatic carbocycles. The topological polar surface area (TPSA) is 63.2 Å². The van der Waals surface area contributed by atoms with Gasteiger partial charge in [-0.05, 0) is 109 Å². The van der Waals surface area contributed by atoms with Gasteiger partial charge in [-0.15, -0.1) is 11.3 Å². The van der Waals surface area contributed by atoms with E-state index in [0.29, 0.717) is 44.0 Å². The quantitative estimate of drug-likeness (QED) is 0.286. The molecule has 0 aliphatic heterocycles. The van der Waals surface area contributed by atoms with Crippen molar-refractivity contribution < 1.29 is 26.4 Å². The van der Waals surface area contributed by atoms with Crippen molar-refractivity contribution in [3.8, 4) is 0 Å². The van der Waals surface area contributed by atoms with Crippen LogP contribution in [0.2, 0.25) is 4.34 Å². The van der Waals surface area contributed by atoms with Crippen LogP contribution in [0.3, 0.4) is 0 Å². The molecular formula is C29H27ClF3NO3S2. The summed E-state index contributed by atoms with van der Waals surface area (Å²) in [5.41, 5.74) is 2.82. The number of alkyl halides is 3. The number of hydrogen-bond donors (Lipinski definition) is 1. The standard InChI is InChI=1S/C29H27ClF3NO3S2/c30-26-10-12-28(38-26)39(36,37)14-13-25-20-4-5-21(25)16-22-17-24(9-6-19(22)15-20)34-27(35)11-3-18-1-7-23(8-2-18)29(31,32)33/h1-3,6-12,17,20-21,25H,4-5,13-16H2,(H,34,35)/b11-3+/t20-,21?,25+/m0/s1. The third-order valence-electron chi connectivity index (χ3n) is 7.80. The molecule has 2 bridgehead atoms. The number of amides is 1. The zero-order chi connectivity index (χ0) is 27.8. The third-order valence-corrected chi connectivity index (χ3v) is 11.4. The third kappa shape index (κ3) is 6.58. The van der Waals surface area contributed by atoms with Gasteiger partial charge in [-0.2, -0.15) is 13.2 Å². The van der Waals surface area contributed by atoms with Gasteiger partial charge in [0.15, 0.2) is 9.84 Å². The minimum atomic E-state index is -4.40. The van der Waals surface area contributed by atoms with Gasteiger partial charge in [-0.25, -0.2) is 8.42 Å². The van der Waals surface area contributed by atoms with Crippen molar-refractivity contribution in [1.82, 2.24) is 0 Å². The average molecular weight is 594 g/mol. The van der Waals surface area contributed by atoms with Gasteiger partial charge in [0.2, 0.25) is 5.91 Å². The van der Waals surface area contributed by atoms with E-state index in [1.165, 1.54) is 35.4 Å². The van der Waals surface area contributed by atoms with Crippen molar-refractivity contribution in [3.05, 3.63) is 87.3 Å². The first-order valence-electron chi connectivity index (χ1n) is 12.7. The second kappa shape index (κ2) is 11.1. The Labute approximate surface area is 234 Å². The number of carbonyl (C=O) groups excluding carboxylic acids is 1. The highest BCUT2D eigenvalue weighted by Crippen LogP contribution is 2.46. The lowest BCUT2D eigenvalue weighted by Gasteiger charge is -2.22. The Kier molecular flexibility index (Phi) is 7.95. The Balaban J connectivity index is 1.22. The molecular weight excluding hydrogens is 567 g/mol.